The number of hydrogen-bond donors (Lipinski definition) is 4. The molecule has 0 saturated carbocycles. The maximum Gasteiger partial charge on any atom is 0.405 e. The molecule has 0 unspecified atom stereocenters. The third-order valence-electron chi connectivity index (χ3n) is 9.68. The second-order valence-corrected chi connectivity index (χ2v) is 14.2. The first kappa shape index (κ1) is 44.3. The van der Waals surface area contributed by atoms with Gasteiger partial charge >= 0.3 is 6.09 Å². The van der Waals surface area contributed by atoms with E-state index >= 15 is 0 Å². The van der Waals surface area contributed by atoms with Crippen LogP contribution in [0.4, 0.5) is 4.79 Å². The van der Waals surface area contributed by atoms with Crippen molar-refractivity contribution in [1.29, 1.82) is 0 Å². The number of allylic oxidation sites excluding steroid dienone is 4. The SMILES string of the molecule is COc1ccc(Cn2cc(COCCNC3=C4C[C@@H](C)C[C@H](OC)[C@H](O)[C@@H](C)/C=C(\C)[C@H](OC(N)=O)[C@@H](OC)/C=C\C=C(/C)C(=O)NC(=CC3=O)C4=O)nn2)cc1. The standard InChI is InChI=1S/C41H54N6O10/c1-24-17-31-36(43-15-16-56-23-29-22-47(46-45-29)21-28-11-13-30(53-5)14-12-28)33(48)20-32(38(31)50)44-40(51)25(2)9-8-10-34(54-6)39(57-41(42)52)27(4)19-26(3)37(49)35(18-24)55-7/h8-14,19-20,22,24,26,34-35,37,39,43,49H,15-18,21,23H2,1-7H3,(H2,42,52)(H,44,51)/b10-8-,25-9+,27-19+/t24-,26+,34+,35+,37-,39+/m1/s1. The Morgan fingerprint density at radius 1 is 1.09 bits per heavy atom. The third kappa shape index (κ3) is 12.5. The molecule has 0 spiro atoms. The van der Waals surface area contributed by atoms with Crippen molar-refractivity contribution in [2.75, 3.05) is 34.5 Å². The van der Waals surface area contributed by atoms with Crippen LogP contribution < -0.4 is 21.1 Å². The van der Waals surface area contributed by atoms with Crippen LogP contribution in [-0.2, 0) is 46.5 Å². The minimum Gasteiger partial charge on any atom is -0.497 e. The summed E-state index contributed by atoms with van der Waals surface area (Å²) in [5.41, 5.74) is 7.97. The number of fused-ring (bicyclic) bond motifs is 2. The van der Waals surface area contributed by atoms with Gasteiger partial charge < -0.3 is 45.2 Å². The first-order valence-electron chi connectivity index (χ1n) is 18.7. The lowest BCUT2D eigenvalue weighted by Gasteiger charge is -2.30. The van der Waals surface area contributed by atoms with E-state index < -0.39 is 53.9 Å². The van der Waals surface area contributed by atoms with Crippen LogP contribution in [0, 0.1) is 11.8 Å². The zero-order chi connectivity index (χ0) is 41.6. The van der Waals surface area contributed by atoms with Crippen LogP contribution >= 0.6 is 0 Å². The number of rotatable bonds is 12. The lowest BCUT2D eigenvalue weighted by molar-refractivity contribution is -0.120. The van der Waals surface area contributed by atoms with Gasteiger partial charge in [0.2, 0.25) is 11.6 Å². The molecule has 5 N–H and O–H groups in total. The van der Waals surface area contributed by atoms with Gasteiger partial charge in [0.15, 0.2) is 6.10 Å². The molecular formula is C41H54N6O10. The number of nitrogens with one attached hydrogen (secondary N) is 2. The van der Waals surface area contributed by atoms with E-state index in [-0.39, 0.29) is 54.6 Å². The molecule has 16 heteroatoms. The van der Waals surface area contributed by atoms with E-state index in [2.05, 4.69) is 20.9 Å². The predicted molar refractivity (Wildman–Crippen MR) is 209 cm³/mol. The topological polar surface area (TPSA) is 215 Å². The minimum absolute atomic E-state index is 0.104. The lowest BCUT2D eigenvalue weighted by Crippen LogP contribution is -2.38. The summed E-state index contributed by atoms with van der Waals surface area (Å²) in [5, 5.41) is 25.5. The van der Waals surface area contributed by atoms with Crippen molar-refractivity contribution in [2.24, 2.45) is 17.6 Å². The Kier molecular flexibility index (Phi) is 16.5. The molecule has 1 aromatic heterocycles. The van der Waals surface area contributed by atoms with E-state index in [0.717, 1.165) is 17.4 Å². The van der Waals surface area contributed by atoms with Crippen molar-refractivity contribution in [1.82, 2.24) is 25.6 Å². The molecule has 57 heavy (non-hydrogen) atoms. The molecule has 2 aromatic rings. The maximum absolute atomic E-state index is 14.0. The Morgan fingerprint density at radius 2 is 1.82 bits per heavy atom. The number of aromatic nitrogens is 3. The number of carbonyl (C=O) groups is 4. The highest BCUT2D eigenvalue weighted by atomic mass is 16.6. The van der Waals surface area contributed by atoms with Gasteiger partial charge in [-0.3, -0.25) is 14.4 Å². The van der Waals surface area contributed by atoms with Crippen LogP contribution in [0.15, 0.2) is 89.0 Å². The van der Waals surface area contributed by atoms with Crippen LogP contribution in [0.3, 0.4) is 0 Å². The molecule has 4 rings (SSSR count). The van der Waals surface area contributed by atoms with Crippen molar-refractivity contribution in [3.63, 3.8) is 0 Å². The zero-order valence-electron chi connectivity index (χ0n) is 33.5. The minimum atomic E-state index is -1.01. The summed E-state index contributed by atoms with van der Waals surface area (Å²) in [7, 11) is 4.53. The average molecular weight is 791 g/mol. The Hall–Kier alpha value is -5.42. The molecule has 0 radical (unpaired) electrons. The fourth-order valence-electron chi connectivity index (χ4n) is 6.60. The number of nitrogens with two attached hydrogens (primary N) is 1. The van der Waals surface area contributed by atoms with E-state index in [9.17, 15) is 24.3 Å². The molecule has 2 bridgehead atoms. The molecular weight excluding hydrogens is 736 g/mol. The van der Waals surface area contributed by atoms with Crippen molar-refractivity contribution >= 4 is 23.6 Å². The van der Waals surface area contributed by atoms with Gasteiger partial charge in [-0.1, -0.05) is 55.5 Å². The zero-order valence-corrected chi connectivity index (χ0v) is 33.5. The van der Waals surface area contributed by atoms with Crippen molar-refractivity contribution in [3.8, 4) is 5.75 Å². The average Bonchev–Trinajstić information content (AvgIpc) is 3.63. The fourth-order valence-corrected chi connectivity index (χ4v) is 6.60. The van der Waals surface area contributed by atoms with E-state index in [4.69, 9.17) is 29.4 Å². The summed E-state index contributed by atoms with van der Waals surface area (Å²) in [4.78, 5) is 52.7. The number of aliphatic hydroxyl groups excluding tert-OH is 1. The number of carbonyl (C=O) groups excluding carboxylic acids is 4. The number of hydrogen-bond acceptors (Lipinski definition) is 13. The van der Waals surface area contributed by atoms with Crippen molar-refractivity contribution < 1.29 is 48.0 Å². The molecule has 1 aromatic carbocycles. The normalized spacial score (nSPS) is 26.4. The molecule has 1 aliphatic carbocycles. The molecule has 16 nitrogen and oxygen atoms in total. The first-order chi connectivity index (χ1) is 27.2. The van der Waals surface area contributed by atoms with E-state index in [1.165, 1.54) is 20.3 Å². The maximum atomic E-state index is 14.0. The number of ketones is 2. The highest BCUT2D eigenvalue weighted by Crippen LogP contribution is 2.29. The van der Waals surface area contributed by atoms with Crippen molar-refractivity contribution in [2.45, 2.75) is 78.1 Å². The summed E-state index contributed by atoms with van der Waals surface area (Å²) >= 11 is 0. The quantitative estimate of drug-likeness (QED) is 0.138. The summed E-state index contributed by atoms with van der Waals surface area (Å²) in [6, 6.07) is 7.65. The monoisotopic (exact) mass is 790 g/mol. The Bertz CT molecular complexity index is 1900. The number of primary amides is 1. The Morgan fingerprint density at radius 3 is 2.49 bits per heavy atom. The van der Waals surface area contributed by atoms with Crippen LogP contribution in [0.2, 0.25) is 0 Å². The first-order valence-corrected chi connectivity index (χ1v) is 18.7. The number of ether oxygens (including phenoxy) is 5. The van der Waals surface area contributed by atoms with E-state index in [1.807, 2.05) is 31.2 Å². The largest absolute Gasteiger partial charge is 0.497 e. The number of benzene rings is 1. The summed E-state index contributed by atoms with van der Waals surface area (Å²) in [6.07, 6.45) is 5.29. The van der Waals surface area contributed by atoms with E-state index in [0.29, 0.717) is 24.2 Å². The summed E-state index contributed by atoms with van der Waals surface area (Å²) < 4.78 is 29.5. The highest BCUT2D eigenvalue weighted by molar-refractivity contribution is 6.23. The van der Waals surface area contributed by atoms with Crippen LogP contribution in [-0.4, -0.2) is 103 Å². The van der Waals surface area contributed by atoms with Crippen molar-refractivity contribution in [3.05, 3.63) is 100 Å². The molecule has 1 aliphatic heterocycles. The highest BCUT2D eigenvalue weighted by Gasteiger charge is 2.33. The second kappa shape index (κ2) is 21.2. The van der Waals surface area contributed by atoms with Gasteiger partial charge in [-0.25, -0.2) is 9.48 Å². The number of amides is 2. The molecule has 0 fully saturated rings. The summed E-state index contributed by atoms with van der Waals surface area (Å²) in [5.74, 6) is -1.58. The predicted octanol–water partition coefficient (Wildman–Crippen LogP) is 3.22. The van der Waals surface area contributed by atoms with Gasteiger partial charge in [0, 0.05) is 43.9 Å². The van der Waals surface area contributed by atoms with E-state index in [1.54, 1.807) is 57.0 Å². The fraction of sp³-hybridized carbons (Fsp3) is 0.463. The Balaban J connectivity index is 1.52. The smallest absolute Gasteiger partial charge is 0.405 e. The molecule has 2 amide bonds. The number of methoxy groups -OCH3 is 3. The number of nitrogens with zero attached hydrogens (tertiary/aromatic N) is 3. The molecule has 308 valence electrons. The van der Waals surface area contributed by atoms with Gasteiger partial charge in [-0.15, -0.1) is 5.10 Å². The second-order valence-electron chi connectivity index (χ2n) is 14.2. The Labute approximate surface area is 332 Å². The van der Waals surface area contributed by atoms with Gasteiger partial charge in [-0.2, -0.15) is 0 Å². The number of Topliss-reactive ketones (excluding diaryl/α,β-unsaturated/α-hetero) is 1. The van der Waals surface area contributed by atoms with Gasteiger partial charge in [0.25, 0.3) is 5.91 Å². The van der Waals surface area contributed by atoms with Crippen LogP contribution in [0.5, 0.6) is 5.75 Å². The molecule has 0 saturated heterocycles. The number of aliphatic hydroxyl groups is 1. The van der Waals surface area contributed by atoms with Gasteiger partial charge in [-0.05, 0) is 55.9 Å². The lowest BCUT2D eigenvalue weighted by atomic mass is 9.85. The molecule has 2 aliphatic rings. The van der Waals surface area contributed by atoms with Gasteiger partial charge in [0.05, 0.1) is 56.7 Å². The van der Waals surface area contributed by atoms with Crippen LogP contribution in [0.1, 0.15) is 51.8 Å². The third-order valence-corrected chi connectivity index (χ3v) is 9.68. The van der Waals surface area contributed by atoms with Crippen LogP contribution in [0.25, 0.3) is 0 Å². The van der Waals surface area contributed by atoms with Gasteiger partial charge in [0.1, 0.15) is 17.5 Å². The molecule has 2 heterocycles. The molecule has 6 atom stereocenters. The summed E-state index contributed by atoms with van der Waals surface area (Å²) in [6.45, 7) is 8.04.